The van der Waals surface area contributed by atoms with E-state index in [1.807, 2.05) is 12.1 Å². The minimum absolute atomic E-state index is 0.00495. The Labute approximate surface area is 108 Å². The van der Waals surface area contributed by atoms with Crippen LogP contribution in [-0.2, 0) is 4.74 Å². The first-order valence-electron chi connectivity index (χ1n) is 6.41. The fourth-order valence-electron chi connectivity index (χ4n) is 2.36. The molecule has 0 aliphatic carbocycles. The third kappa shape index (κ3) is 3.19. The lowest BCUT2D eigenvalue weighted by Gasteiger charge is -2.19. The number of methoxy groups -OCH3 is 1. The van der Waals surface area contributed by atoms with Crippen LogP contribution in [0.2, 0.25) is 0 Å². The number of pyridine rings is 1. The Kier molecular flexibility index (Phi) is 4.92. The molecule has 0 saturated carbocycles. The number of hydrazine groups is 1. The van der Waals surface area contributed by atoms with Gasteiger partial charge in [0.1, 0.15) is 11.4 Å². The Hall–Kier alpha value is -1.17. The SMILES string of the molecule is COc1cccnc1C(CCC1CCCO1)NN. The van der Waals surface area contributed by atoms with E-state index in [0.29, 0.717) is 6.10 Å². The minimum atomic E-state index is 0.00495. The van der Waals surface area contributed by atoms with Crippen molar-refractivity contribution in [3.8, 4) is 5.75 Å². The second-order valence-electron chi connectivity index (χ2n) is 4.52. The van der Waals surface area contributed by atoms with Crippen molar-refractivity contribution in [2.75, 3.05) is 13.7 Å². The van der Waals surface area contributed by atoms with Gasteiger partial charge in [-0.05, 0) is 37.8 Å². The van der Waals surface area contributed by atoms with E-state index >= 15 is 0 Å². The van der Waals surface area contributed by atoms with E-state index in [2.05, 4.69) is 10.4 Å². The van der Waals surface area contributed by atoms with Crippen molar-refractivity contribution >= 4 is 0 Å². The van der Waals surface area contributed by atoms with Crippen LogP contribution in [0.4, 0.5) is 0 Å². The number of nitrogens with zero attached hydrogens (tertiary/aromatic N) is 1. The van der Waals surface area contributed by atoms with E-state index in [9.17, 15) is 0 Å². The lowest BCUT2D eigenvalue weighted by molar-refractivity contribution is 0.0993. The summed E-state index contributed by atoms with van der Waals surface area (Å²) in [6.45, 7) is 0.887. The molecule has 5 heteroatoms. The highest BCUT2D eigenvalue weighted by Crippen LogP contribution is 2.27. The van der Waals surface area contributed by atoms with Gasteiger partial charge in [0, 0.05) is 12.8 Å². The van der Waals surface area contributed by atoms with Gasteiger partial charge < -0.3 is 9.47 Å². The summed E-state index contributed by atoms with van der Waals surface area (Å²) in [6, 6.07) is 3.76. The normalized spacial score (nSPS) is 20.9. The van der Waals surface area contributed by atoms with Crippen molar-refractivity contribution in [2.24, 2.45) is 5.84 Å². The summed E-state index contributed by atoms with van der Waals surface area (Å²) in [5.41, 5.74) is 3.68. The zero-order valence-electron chi connectivity index (χ0n) is 10.8. The van der Waals surface area contributed by atoms with Gasteiger partial charge in [-0.25, -0.2) is 0 Å². The Morgan fingerprint density at radius 2 is 2.56 bits per heavy atom. The Morgan fingerprint density at radius 3 is 3.22 bits per heavy atom. The number of rotatable bonds is 6. The molecule has 18 heavy (non-hydrogen) atoms. The van der Waals surface area contributed by atoms with Crippen molar-refractivity contribution in [3.05, 3.63) is 24.0 Å². The zero-order valence-corrected chi connectivity index (χ0v) is 10.8. The highest BCUT2D eigenvalue weighted by molar-refractivity contribution is 5.29. The van der Waals surface area contributed by atoms with Gasteiger partial charge in [0.15, 0.2) is 0 Å². The lowest BCUT2D eigenvalue weighted by Crippen LogP contribution is -2.29. The second-order valence-corrected chi connectivity index (χ2v) is 4.52. The van der Waals surface area contributed by atoms with Gasteiger partial charge in [-0.2, -0.15) is 0 Å². The molecule has 3 N–H and O–H groups in total. The van der Waals surface area contributed by atoms with Crippen LogP contribution in [0.3, 0.4) is 0 Å². The molecule has 2 unspecified atom stereocenters. The van der Waals surface area contributed by atoms with Crippen molar-refractivity contribution in [2.45, 2.75) is 37.8 Å². The average molecular weight is 251 g/mol. The predicted molar refractivity (Wildman–Crippen MR) is 69.1 cm³/mol. The number of ether oxygens (including phenoxy) is 2. The maximum atomic E-state index is 5.63. The quantitative estimate of drug-likeness (QED) is 0.593. The summed E-state index contributed by atoms with van der Waals surface area (Å²) < 4.78 is 10.9. The van der Waals surface area contributed by atoms with Crippen LogP contribution in [0.15, 0.2) is 18.3 Å². The number of aromatic nitrogens is 1. The first-order valence-corrected chi connectivity index (χ1v) is 6.41. The second kappa shape index (κ2) is 6.68. The van der Waals surface area contributed by atoms with E-state index < -0.39 is 0 Å². The fraction of sp³-hybridized carbons (Fsp3) is 0.615. The molecule has 0 spiro atoms. The third-order valence-electron chi connectivity index (χ3n) is 3.35. The summed E-state index contributed by atoms with van der Waals surface area (Å²) in [7, 11) is 1.65. The van der Waals surface area contributed by atoms with Crippen molar-refractivity contribution in [1.29, 1.82) is 0 Å². The van der Waals surface area contributed by atoms with Gasteiger partial charge in [-0.1, -0.05) is 0 Å². The average Bonchev–Trinajstić information content (AvgIpc) is 2.93. The molecule has 2 heterocycles. The molecule has 1 aliphatic rings. The first kappa shape index (κ1) is 13.3. The van der Waals surface area contributed by atoms with Gasteiger partial charge >= 0.3 is 0 Å². The molecule has 0 radical (unpaired) electrons. The van der Waals surface area contributed by atoms with E-state index in [1.165, 1.54) is 0 Å². The van der Waals surface area contributed by atoms with E-state index in [0.717, 1.165) is 43.7 Å². The monoisotopic (exact) mass is 251 g/mol. The lowest BCUT2D eigenvalue weighted by atomic mass is 10.0. The molecule has 0 bridgehead atoms. The summed E-state index contributed by atoms with van der Waals surface area (Å²) in [5, 5.41) is 0. The fourth-order valence-corrected chi connectivity index (χ4v) is 2.36. The largest absolute Gasteiger partial charge is 0.495 e. The minimum Gasteiger partial charge on any atom is -0.495 e. The Morgan fingerprint density at radius 1 is 1.67 bits per heavy atom. The van der Waals surface area contributed by atoms with Gasteiger partial charge in [0.2, 0.25) is 0 Å². The molecule has 1 aromatic rings. The number of nitrogens with one attached hydrogen (secondary N) is 1. The molecule has 0 aromatic carbocycles. The van der Waals surface area contributed by atoms with Crippen LogP contribution in [-0.4, -0.2) is 24.8 Å². The van der Waals surface area contributed by atoms with Crippen molar-refractivity contribution < 1.29 is 9.47 Å². The molecular weight excluding hydrogens is 230 g/mol. The topological polar surface area (TPSA) is 69.4 Å². The molecule has 0 amide bonds. The molecule has 1 aromatic heterocycles. The maximum absolute atomic E-state index is 5.63. The molecule has 2 atom stereocenters. The van der Waals surface area contributed by atoms with E-state index in [1.54, 1.807) is 13.3 Å². The third-order valence-corrected chi connectivity index (χ3v) is 3.35. The molecule has 1 fully saturated rings. The summed E-state index contributed by atoms with van der Waals surface area (Å²) in [6.07, 6.45) is 6.34. The first-order chi connectivity index (χ1) is 8.85. The van der Waals surface area contributed by atoms with Crippen molar-refractivity contribution in [1.82, 2.24) is 10.4 Å². The maximum Gasteiger partial charge on any atom is 0.142 e. The van der Waals surface area contributed by atoms with Crippen LogP contribution in [0.1, 0.15) is 37.4 Å². The summed E-state index contributed by atoms with van der Waals surface area (Å²) in [4.78, 5) is 4.36. The van der Waals surface area contributed by atoms with Crippen LogP contribution < -0.4 is 16.0 Å². The Bertz CT molecular complexity index is 367. The summed E-state index contributed by atoms with van der Waals surface area (Å²) in [5.74, 6) is 6.40. The standard InChI is InChI=1S/C13H21N3O2/c1-17-12-5-2-8-15-13(12)11(16-14)7-6-10-4-3-9-18-10/h2,5,8,10-11,16H,3-4,6-7,9,14H2,1H3. The predicted octanol–water partition coefficient (Wildman–Crippen LogP) is 1.55. The molecule has 2 rings (SSSR count). The number of hydrogen-bond acceptors (Lipinski definition) is 5. The molecule has 1 saturated heterocycles. The molecule has 1 aliphatic heterocycles. The van der Waals surface area contributed by atoms with Gasteiger partial charge in [0.25, 0.3) is 0 Å². The molecular formula is C13H21N3O2. The van der Waals surface area contributed by atoms with Crippen LogP contribution in [0.5, 0.6) is 5.75 Å². The smallest absolute Gasteiger partial charge is 0.142 e. The number of nitrogens with two attached hydrogens (primary N) is 1. The Balaban J connectivity index is 1.98. The highest BCUT2D eigenvalue weighted by Gasteiger charge is 2.20. The molecule has 5 nitrogen and oxygen atoms in total. The van der Waals surface area contributed by atoms with Gasteiger partial charge in [0.05, 0.1) is 19.3 Å². The summed E-state index contributed by atoms with van der Waals surface area (Å²) >= 11 is 0. The van der Waals surface area contributed by atoms with Gasteiger partial charge in [-0.15, -0.1) is 0 Å². The zero-order chi connectivity index (χ0) is 12.8. The van der Waals surface area contributed by atoms with E-state index in [4.69, 9.17) is 15.3 Å². The highest BCUT2D eigenvalue weighted by atomic mass is 16.5. The molecule has 100 valence electrons. The van der Waals surface area contributed by atoms with Crippen LogP contribution >= 0.6 is 0 Å². The van der Waals surface area contributed by atoms with Crippen LogP contribution in [0, 0.1) is 0 Å². The van der Waals surface area contributed by atoms with E-state index in [-0.39, 0.29) is 6.04 Å². The van der Waals surface area contributed by atoms with Gasteiger partial charge in [-0.3, -0.25) is 16.3 Å². The van der Waals surface area contributed by atoms with Crippen molar-refractivity contribution in [3.63, 3.8) is 0 Å². The van der Waals surface area contributed by atoms with Crippen LogP contribution in [0.25, 0.3) is 0 Å². The number of hydrogen-bond donors (Lipinski definition) is 2.